The minimum Gasteiger partial charge on any atom is -0.493 e. The van der Waals surface area contributed by atoms with Crippen molar-refractivity contribution in [3.8, 4) is 11.8 Å². The Labute approximate surface area is 153 Å². The van der Waals surface area contributed by atoms with E-state index in [0.717, 1.165) is 14.9 Å². The van der Waals surface area contributed by atoms with Gasteiger partial charge in [-0.2, -0.15) is 5.26 Å². The molecular formula is C17H12Cl2INO. The van der Waals surface area contributed by atoms with Gasteiger partial charge < -0.3 is 4.74 Å². The second kappa shape index (κ2) is 7.87. The standard InChI is InChI=1S/C17H12Cl2INO/c1-2-22-17-6-3-11(8-16(17)20)7-12(10-21)14-5-4-13(18)9-15(14)19/h3-9H,2H2,1H3/b12-7-. The fraction of sp³-hybridized carbons (Fsp3) is 0.118. The number of nitriles is 1. The maximum absolute atomic E-state index is 9.41. The molecule has 0 radical (unpaired) electrons. The van der Waals surface area contributed by atoms with Gasteiger partial charge in [0.15, 0.2) is 0 Å². The van der Waals surface area contributed by atoms with Crippen molar-refractivity contribution in [2.24, 2.45) is 0 Å². The van der Waals surface area contributed by atoms with Crippen molar-refractivity contribution in [3.63, 3.8) is 0 Å². The number of allylic oxidation sites excluding steroid dienone is 1. The molecule has 0 aliphatic heterocycles. The van der Waals surface area contributed by atoms with E-state index in [1.807, 2.05) is 25.1 Å². The van der Waals surface area contributed by atoms with Gasteiger partial charge in [-0.15, -0.1) is 0 Å². The van der Waals surface area contributed by atoms with Crippen LogP contribution in [-0.2, 0) is 0 Å². The van der Waals surface area contributed by atoms with Crippen molar-refractivity contribution in [1.82, 2.24) is 0 Å². The molecule has 0 amide bonds. The predicted molar refractivity (Wildman–Crippen MR) is 100 cm³/mol. The molecule has 0 aromatic heterocycles. The van der Waals surface area contributed by atoms with Crippen LogP contribution in [0.15, 0.2) is 36.4 Å². The van der Waals surface area contributed by atoms with Crippen LogP contribution in [0.5, 0.6) is 5.75 Å². The maximum atomic E-state index is 9.41. The van der Waals surface area contributed by atoms with Crippen molar-refractivity contribution in [3.05, 3.63) is 61.1 Å². The van der Waals surface area contributed by atoms with E-state index in [4.69, 9.17) is 27.9 Å². The van der Waals surface area contributed by atoms with Gasteiger partial charge in [0, 0.05) is 10.6 Å². The van der Waals surface area contributed by atoms with Crippen LogP contribution in [0.4, 0.5) is 0 Å². The van der Waals surface area contributed by atoms with Gasteiger partial charge in [0.05, 0.1) is 26.8 Å². The molecule has 0 unspecified atom stereocenters. The van der Waals surface area contributed by atoms with Crippen molar-refractivity contribution < 1.29 is 4.74 Å². The first-order chi connectivity index (χ1) is 10.5. The van der Waals surface area contributed by atoms with E-state index in [1.54, 1.807) is 24.3 Å². The lowest BCUT2D eigenvalue weighted by atomic mass is 10.0. The summed E-state index contributed by atoms with van der Waals surface area (Å²) in [4.78, 5) is 0. The lowest BCUT2D eigenvalue weighted by Gasteiger charge is -2.07. The molecule has 0 N–H and O–H groups in total. The molecule has 2 nitrogen and oxygen atoms in total. The molecule has 0 saturated heterocycles. The molecule has 112 valence electrons. The Morgan fingerprint density at radius 1 is 1.27 bits per heavy atom. The molecule has 0 heterocycles. The van der Waals surface area contributed by atoms with Crippen LogP contribution in [0.2, 0.25) is 10.0 Å². The Bertz CT molecular complexity index is 766. The van der Waals surface area contributed by atoms with Gasteiger partial charge >= 0.3 is 0 Å². The molecule has 0 aliphatic rings. The summed E-state index contributed by atoms with van der Waals surface area (Å²) < 4.78 is 6.50. The quantitative estimate of drug-likeness (QED) is 0.326. The molecule has 0 atom stereocenters. The molecular weight excluding hydrogens is 432 g/mol. The molecule has 5 heteroatoms. The van der Waals surface area contributed by atoms with Gasteiger partial charge in [-0.05, 0) is 65.4 Å². The van der Waals surface area contributed by atoms with Crippen LogP contribution in [-0.4, -0.2) is 6.61 Å². The van der Waals surface area contributed by atoms with Crippen LogP contribution in [0.1, 0.15) is 18.1 Å². The maximum Gasteiger partial charge on any atom is 0.132 e. The second-order valence-electron chi connectivity index (χ2n) is 4.42. The van der Waals surface area contributed by atoms with E-state index in [9.17, 15) is 5.26 Å². The average Bonchev–Trinajstić information content (AvgIpc) is 2.48. The molecule has 22 heavy (non-hydrogen) atoms. The summed E-state index contributed by atoms with van der Waals surface area (Å²) in [5, 5.41) is 10.4. The van der Waals surface area contributed by atoms with Crippen molar-refractivity contribution >= 4 is 57.4 Å². The molecule has 2 aromatic carbocycles. The molecule has 0 spiro atoms. The Hall–Kier alpha value is -1.22. The highest BCUT2D eigenvalue weighted by atomic mass is 127. The summed E-state index contributed by atoms with van der Waals surface area (Å²) in [7, 11) is 0. The Morgan fingerprint density at radius 3 is 2.64 bits per heavy atom. The molecule has 0 aliphatic carbocycles. The normalized spacial score (nSPS) is 11.1. The summed E-state index contributed by atoms with van der Waals surface area (Å²) in [5.74, 6) is 0.836. The fourth-order valence-electron chi connectivity index (χ4n) is 1.92. The molecule has 2 rings (SSSR count). The smallest absolute Gasteiger partial charge is 0.132 e. The average molecular weight is 444 g/mol. The molecule has 0 bridgehead atoms. The monoisotopic (exact) mass is 443 g/mol. The van der Waals surface area contributed by atoms with Crippen LogP contribution in [0.25, 0.3) is 11.6 Å². The third kappa shape index (κ3) is 4.16. The summed E-state index contributed by atoms with van der Waals surface area (Å²) in [6, 6.07) is 13.1. The lowest BCUT2D eigenvalue weighted by Crippen LogP contribution is -1.94. The number of hydrogen-bond acceptors (Lipinski definition) is 2. The van der Waals surface area contributed by atoms with E-state index in [0.29, 0.717) is 27.8 Å². The van der Waals surface area contributed by atoms with Gasteiger partial charge in [-0.3, -0.25) is 0 Å². The summed E-state index contributed by atoms with van der Waals surface area (Å²) in [6.07, 6.45) is 1.80. The third-order valence-corrected chi connectivity index (χ3v) is 4.30. The van der Waals surface area contributed by atoms with Crippen LogP contribution in [0.3, 0.4) is 0 Å². The minimum absolute atomic E-state index is 0.459. The fourth-order valence-corrected chi connectivity index (χ4v) is 3.13. The predicted octanol–water partition coefficient (Wildman–Crippen LogP) is 6.06. The van der Waals surface area contributed by atoms with Crippen molar-refractivity contribution in [1.29, 1.82) is 5.26 Å². The zero-order valence-electron chi connectivity index (χ0n) is 11.7. The highest BCUT2D eigenvalue weighted by molar-refractivity contribution is 14.1. The highest BCUT2D eigenvalue weighted by Gasteiger charge is 2.08. The van der Waals surface area contributed by atoms with Crippen molar-refractivity contribution in [2.75, 3.05) is 6.61 Å². The Morgan fingerprint density at radius 2 is 2.05 bits per heavy atom. The van der Waals surface area contributed by atoms with Gasteiger partial charge in [0.2, 0.25) is 0 Å². The van der Waals surface area contributed by atoms with E-state index >= 15 is 0 Å². The van der Waals surface area contributed by atoms with Crippen molar-refractivity contribution in [2.45, 2.75) is 6.92 Å². The van der Waals surface area contributed by atoms with Gasteiger partial charge in [-0.25, -0.2) is 0 Å². The number of benzene rings is 2. The van der Waals surface area contributed by atoms with Crippen LogP contribution in [0, 0.1) is 14.9 Å². The Balaban J connectivity index is 2.41. The summed E-state index contributed by atoms with van der Waals surface area (Å²) in [5.41, 5.74) is 2.06. The molecule has 0 fully saturated rings. The SMILES string of the molecule is CCOc1ccc(/C=C(/C#N)c2ccc(Cl)cc2Cl)cc1I. The third-order valence-electron chi connectivity index (χ3n) is 2.91. The topological polar surface area (TPSA) is 33.0 Å². The Kier molecular flexibility index (Phi) is 6.13. The minimum atomic E-state index is 0.459. The first-order valence-electron chi connectivity index (χ1n) is 6.54. The van der Waals surface area contributed by atoms with Gasteiger partial charge in [0.1, 0.15) is 5.75 Å². The first kappa shape index (κ1) is 17.1. The summed E-state index contributed by atoms with van der Waals surface area (Å²) in [6.45, 7) is 2.56. The summed E-state index contributed by atoms with van der Waals surface area (Å²) >= 11 is 14.3. The van der Waals surface area contributed by atoms with E-state index in [-0.39, 0.29) is 0 Å². The number of nitrogens with zero attached hydrogens (tertiary/aromatic N) is 1. The molecule has 2 aromatic rings. The highest BCUT2D eigenvalue weighted by Crippen LogP contribution is 2.29. The first-order valence-corrected chi connectivity index (χ1v) is 8.38. The number of hydrogen-bond donors (Lipinski definition) is 0. The van der Waals surface area contributed by atoms with Crippen LogP contribution < -0.4 is 4.74 Å². The number of halogens is 3. The zero-order valence-corrected chi connectivity index (χ0v) is 15.4. The number of ether oxygens (including phenoxy) is 1. The largest absolute Gasteiger partial charge is 0.493 e. The molecule has 0 saturated carbocycles. The number of rotatable bonds is 4. The second-order valence-corrected chi connectivity index (χ2v) is 6.42. The lowest BCUT2D eigenvalue weighted by molar-refractivity contribution is 0.338. The van der Waals surface area contributed by atoms with E-state index < -0.39 is 0 Å². The van der Waals surface area contributed by atoms with Gasteiger partial charge in [-0.1, -0.05) is 35.3 Å². The van der Waals surface area contributed by atoms with E-state index in [2.05, 4.69) is 28.7 Å². The van der Waals surface area contributed by atoms with Crippen LogP contribution >= 0.6 is 45.8 Å². The van der Waals surface area contributed by atoms with E-state index in [1.165, 1.54) is 0 Å². The zero-order chi connectivity index (χ0) is 16.1. The van der Waals surface area contributed by atoms with Gasteiger partial charge in [0.25, 0.3) is 0 Å².